The molecule has 0 saturated carbocycles. The molecule has 0 radical (unpaired) electrons. The first-order valence-electron chi connectivity index (χ1n) is 15.1. The second kappa shape index (κ2) is 12.4. The number of aliphatic imine (C=N–C) groups is 1. The van der Waals surface area contributed by atoms with Gasteiger partial charge in [0.25, 0.3) is 0 Å². The van der Waals surface area contributed by atoms with Gasteiger partial charge in [0, 0.05) is 49.0 Å². The van der Waals surface area contributed by atoms with Crippen LogP contribution in [0.1, 0.15) is 68.8 Å². The number of aliphatic hydroxyl groups is 3. The molecule has 2 heterocycles. The second-order valence-electron chi connectivity index (χ2n) is 12.0. The van der Waals surface area contributed by atoms with E-state index in [1.54, 1.807) is 13.3 Å². The summed E-state index contributed by atoms with van der Waals surface area (Å²) in [5, 5.41) is 55.1. The minimum absolute atomic E-state index is 0.0459. The predicted molar refractivity (Wildman–Crippen MR) is 158 cm³/mol. The summed E-state index contributed by atoms with van der Waals surface area (Å²) in [4.78, 5) is 46.8. The van der Waals surface area contributed by atoms with E-state index in [-0.39, 0.29) is 34.4 Å². The van der Waals surface area contributed by atoms with E-state index in [4.69, 9.17) is 18.9 Å². The standard InChI is InChI=1S/C32H36N2O12/c1-15-27(37)18(33-14-34-6-8-44-9-7-34)10-22(45-15)46-20-12-32(42,21(36)13-35)11-17-24(20)31(41)26-25(29(17)39)28(38)16-4-3-5-19(43-2)23(16)30(26)40/h3-5,14-15,18,20,22,27,35,37,39,41-42H,6-13H2,1-2H3/t15-,18+,20-,22-,27+,32-/m0/s1. The lowest BCUT2D eigenvalue weighted by Crippen LogP contribution is -2.50. The molecule has 2 saturated heterocycles. The van der Waals surface area contributed by atoms with Crippen molar-refractivity contribution in [2.24, 2.45) is 4.99 Å². The van der Waals surface area contributed by atoms with E-state index in [1.807, 2.05) is 4.90 Å². The van der Waals surface area contributed by atoms with Gasteiger partial charge in [0.15, 0.2) is 17.9 Å². The molecule has 2 aromatic carbocycles. The number of methoxy groups -OCH3 is 1. The topological polar surface area (TPSA) is 205 Å². The van der Waals surface area contributed by atoms with E-state index >= 15 is 0 Å². The normalized spacial score (nSPS) is 29.3. The van der Waals surface area contributed by atoms with Gasteiger partial charge in [0.1, 0.15) is 35.6 Å². The van der Waals surface area contributed by atoms with Crippen molar-refractivity contribution < 1.29 is 58.9 Å². The Morgan fingerprint density at radius 2 is 1.85 bits per heavy atom. The molecule has 246 valence electrons. The van der Waals surface area contributed by atoms with Crippen LogP contribution in [0.2, 0.25) is 0 Å². The van der Waals surface area contributed by atoms with E-state index < -0.39 is 95.7 Å². The first-order chi connectivity index (χ1) is 22.0. The third-order valence-corrected chi connectivity index (χ3v) is 9.20. The second-order valence-corrected chi connectivity index (χ2v) is 12.0. The number of ether oxygens (including phenoxy) is 4. The Morgan fingerprint density at radius 3 is 2.54 bits per heavy atom. The number of nitrogens with zero attached hydrogens (tertiary/aromatic N) is 2. The van der Waals surface area contributed by atoms with Crippen molar-refractivity contribution in [2.75, 3.05) is 40.0 Å². The zero-order valence-electron chi connectivity index (χ0n) is 25.3. The molecular weight excluding hydrogens is 604 g/mol. The number of phenols is 2. The van der Waals surface area contributed by atoms with Crippen molar-refractivity contribution in [3.8, 4) is 17.2 Å². The fraction of sp³-hybridized carbons (Fsp3) is 0.500. The van der Waals surface area contributed by atoms with Gasteiger partial charge in [-0.2, -0.15) is 0 Å². The zero-order chi connectivity index (χ0) is 32.9. The number of aromatic hydroxyl groups is 2. The molecule has 2 aromatic rings. The van der Waals surface area contributed by atoms with Crippen LogP contribution in [0, 0.1) is 0 Å². The van der Waals surface area contributed by atoms with Crippen LogP contribution in [0.4, 0.5) is 0 Å². The third kappa shape index (κ3) is 5.34. The summed E-state index contributed by atoms with van der Waals surface area (Å²) in [7, 11) is 1.33. The molecule has 0 amide bonds. The summed E-state index contributed by atoms with van der Waals surface area (Å²) in [6.07, 6.45) is -3.54. The van der Waals surface area contributed by atoms with Crippen LogP contribution in [0.5, 0.6) is 17.2 Å². The Bertz CT molecular complexity index is 1600. The van der Waals surface area contributed by atoms with Gasteiger partial charge < -0.3 is 49.4 Å². The monoisotopic (exact) mass is 640 g/mol. The Kier molecular flexibility index (Phi) is 8.61. The first-order valence-corrected chi connectivity index (χ1v) is 15.1. The molecule has 0 spiro atoms. The lowest BCUT2D eigenvalue weighted by atomic mass is 9.72. The van der Waals surface area contributed by atoms with Crippen LogP contribution in [0.15, 0.2) is 23.2 Å². The van der Waals surface area contributed by atoms with Crippen LogP contribution in [0.25, 0.3) is 0 Å². The van der Waals surface area contributed by atoms with E-state index in [1.165, 1.54) is 25.3 Å². The van der Waals surface area contributed by atoms with Crippen LogP contribution in [-0.2, 0) is 25.4 Å². The minimum Gasteiger partial charge on any atom is -0.507 e. The van der Waals surface area contributed by atoms with Crippen molar-refractivity contribution in [1.29, 1.82) is 0 Å². The van der Waals surface area contributed by atoms with Crippen molar-refractivity contribution in [1.82, 2.24) is 4.90 Å². The molecule has 6 atom stereocenters. The number of rotatable bonds is 7. The SMILES string of the molecule is COc1cccc2c1C(=O)c1c(O)c3c(c(O)c1C2=O)C[C@@](O)(C(=O)CO)C[C@@H]3O[C@H]1C[C@@H](N=CN2CCOCC2)[C@H](O)[C@H](C)O1. The molecule has 0 bridgehead atoms. The van der Waals surface area contributed by atoms with E-state index in [0.717, 1.165) is 0 Å². The van der Waals surface area contributed by atoms with Crippen LogP contribution in [0.3, 0.4) is 0 Å². The molecule has 4 aliphatic rings. The van der Waals surface area contributed by atoms with Gasteiger partial charge in [-0.1, -0.05) is 12.1 Å². The summed E-state index contributed by atoms with van der Waals surface area (Å²) >= 11 is 0. The van der Waals surface area contributed by atoms with Gasteiger partial charge >= 0.3 is 0 Å². The molecule has 14 heteroatoms. The van der Waals surface area contributed by atoms with Crippen molar-refractivity contribution in [3.05, 3.63) is 51.6 Å². The van der Waals surface area contributed by atoms with Gasteiger partial charge in [-0.05, 0) is 13.0 Å². The van der Waals surface area contributed by atoms with Crippen LogP contribution >= 0.6 is 0 Å². The Balaban J connectivity index is 1.40. The van der Waals surface area contributed by atoms with Crippen LogP contribution in [-0.4, -0.2) is 124 Å². The minimum atomic E-state index is -2.26. The fourth-order valence-corrected chi connectivity index (χ4v) is 6.71. The highest BCUT2D eigenvalue weighted by atomic mass is 16.7. The van der Waals surface area contributed by atoms with Gasteiger partial charge in [-0.3, -0.25) is 19.4 Å². The van der Waals surface area contributed by atoms with Gasteiger partial charge in [-0.25, -0.2) is 0 Å². The third-order valence-electron chi connectivity index (χ3n) is 9.20. The van der Waals surface area contributed by atoms with Gasteiger partial charge in [0.05, 0.1) is 61.6 Å². The summed E-state index contributed by atoms with van der Waals surface area (Å²) in [6, 6.07) is 3.73. The predicted octanol–water partition coefficient (Wildman–Crippen LogP) is 0.403. The molecule has 46 heavy (non-hydrogen) atoms. The number of benzene rings is 2. The molecule has 2 aliphatic carbocycles. The molecular formula is C32H36N2O12. The lowest BCUT2D eigenvalue weighted by Gasteiger charge is -2.42. The number of ketones is 3. The number of carbonyl (C=O) groups excluding carboxylic acids is 3. The summed E-state index contributed by atoms with van der Waals surface area (Å²) in [5.41, 5.74) is -3.64. The Hall–Kier alpha value is -3.92. The van der Waals surface area contributed by atoms with Gasteiger partial charge in [0.2, 0.25) is 5.78 Å². The Labute approximate surface area is 263 Å². The first kappa shape index (κ1) is 32.0. The molecule has 6 rings (SSSR count). The number of carbonyl (C=O) groups is 3. The molecule has 5 N–H and O–H groups in total. The van der Waals surface area contributed by atoms with E-state index in [9.17, 15) is 39.9 Å². The number of hydrogen-bond acceptors (Lipinski definition) is 13. The molecule has 14 nitrogen and oxygen atoms in total. The number of morpholine rings is 1. The Morgan fingerprint density at radius 1 is 1.13 bits per heavy atom. The average molecular weight is 641 g/mol. The van der Waals surface area contributed by atoms with Crippen molar-refractivity contribution in [3.63, 3.8) is 0 Å². The summed E-state index contributed by atoms with van der Waals surface area (Å²) in [5.74, 6) is -3.77. The zero-order valence-corrected chi connectivity index (χ0v) is 25.3. The fourth-order valence-electron chi connectivity index (χ4n) is 6.71. The number of Topliss-reactive ketones (excluding diaryl/α,β-unsaturated/α-hetero) is 1. The number of aliphatic hydroxyl groups excluding tert-OH is 2. The lowest BCUT2D eigenvalue weighted by molar-refractivity contribution is -0.247. The maximum atomic E-state index is 13.8. The van der Waals surface area contributed by atoms with Gasteiger partial charge in [-0.15, -0.1) is 0 Å². The smallest absolute Gasteiger partial charge is 0.202 e. The number of fused-ring (bicyclic) bond motifs is 3. The molecule has 2 fully saturated rings. The van der Waals surface area contributed by atoms with Crippen molar-refractivity contribution >= 4 is 23.7 Å². The highest BCUT2D eigenvalue weighted by Crippen LogP contribution is 2.52. The maximum Gasteiger partial charge on any atom is 0.202 e. The average Bonchev–Trinajstić information content (AvgIpc) is 3.05. The number of phenolic OH excluding ortho intramolecular Hbond substituents is 2. The summed E-state index contributed by atoms with van der Waals surface area (Å²) < 4.78 is 22.8. The van der Waals surface area contributed by atoms with E-state index in [0.29, 0.717) is 26.3 Å². The molecule has 0 aromatic heterocycles. The number of hydrogen-bond donors (Lipinski definition) is 5. The quantitative estimate of drug-likeness (QED) is 0.135. The highest BCUT2D eigenvalue weighted by molar-refractivity contribution is 6.31. The maximum absolute atomic E-state index is 13.8. The van der Waals surface area contributed by atoms with Crippen molar-refractivity contribution in [2.45, 2.75) is 62.4 Å². The largest absolute Gasteiger partial charge is 0.507 e. The summed E-state index contributed by atoms with van der Waals surface area (Å²) in [6.45, 7) is 2.98. The molecule has 2 aliphatic heterocycles. The molecule has 0 unspecified atom stereocenters. The van der Waals surface area contributed by atoms with E-state index in [2.05, 4.69) is 4.99 Å². The van der Waals surface area contributed by atoms with Crippen LogP contribution < -0.4 is 4.74 Å². The highest BCUT2D eigenvalue weighted by Gasteiger charge is 2.50.